The van der Waals surface area contributed by atoms with Crippen LogP contribution in [0, 0.1) is 12.8 Å². The van der Waals surface area contributed by atoms with Crippen molar-refractivity contribution in [1.82, 2.24) is 20.7 Å². The second-order valence-corrected chi connectivity index (χ2v) is 7.36. The van der Waals surface area contributed by atoms with Gasteiger partial charge in [0.1, 0.15) is 6.04 Å². The number of likely N-dealkylation sites (N-methyl/N-ethyl adjacent to an activating group) is 2. The van der Waals surface area contributed by atoms with Crippen molar-refractivity contribution in [3.63, 3.8) is 0 Å². The maximum atomic E-state index is 13.0. The molecule has 0 aliphatic carbocycles. The molecule has 1 amide bonds. The lowest BCUT2D eigenvalue weighted by Gasteiger charge is -2.30. The molecule has 1 aromatic carbocycles. The van der Waals surface area contributed by atoms with Crippen LogP contribution in [-0.2, 0) is 4.79 Å². The van der Waals surface area contributed by atoms with E-state index in [0.717, 1.165) is 18.5 Å². The third-order valence-corrected chi connectivity index (χ3v) is 5.14. The molecule has 1 saturated heterocycles. The molecule has 5 heteroatoms. The molecule has 5 nitrogen and oxygen atoms in total. The van der Waals surface area contributed by atoms with Crippen LogP contribution in [0.2, 0.25) is 0 Å². The predicted octanol–water partition coefficient (Wildman–Crippen LogP) is 1.95. The van der Waals surface area contributed by atoms with E-state index in [-0.39, 0.29) is 11.9 Å². The van der Waals surface area contributed by atoms with E-state index in [4.69, 9.17) is 0 Å². The number of hydrazine groups is 1. The standard InChI is InChI=1S/C19H32N4O/c1-13-7-9-16(10-8-13)18(22(4)5)19(24)23(6)12-11-17-14(2)20-21-15(17)3/h7-10,14-15,17-18,20-21H,11-12H2,1-6H3. The normalized spacial score (nSPS) is 25.0. The Bertz CT molecular complexity index is 533. The van der Waals surface area contributed by atoms with Crippen LogP contribution >= 0.6 is 0 Å². The zero-order chi connectivity index (χ0) is 17.9. The van der Waals surface area contributed by atoms with Gasteiger partial charge in [-0.05, 0) is 52.8 Å². The molecule has 1 aromatic rings. The number of aryl methyl sites for hydroxylation is 1. The van der Waals surface area contributed by atoms with Gasteiger partial charge in [0.2, 0.25) is 5.91 Å². The van der Waals surface area contributed by atoms with Crippen LogP contribution in [0.25, 0.3) is 0 Å². The fourth-order valence-corrected chi connectivity index (χ4v) is 3.48. The van der Waals surface area contributed by atoms with Crippen LogP contribution in [0.1, 0.15) is 37.4 Å². The monoisotopic (exact) mass is 332 g/mol. The summed E-state index contributed by atoms with van der Waals surface area (Å²) in [4.78, 5) is 16.9. The first-order valence-electron chi connectivity index (χ1n) is 8.80. The smallest absolute Gasteiger partial charge is 0.244 e. The van der Waals surface area contributed by atoms with Crippen molar-refractivity contribution >= 4 is 5.91 Å². The molecular formula is C19H32N4O. The van der Waals surface area contributed by atoms with Crippen LogP contribution < -0.4 is 10.9 Å². The van der Waals surface area contributed by atoms with Gasteiger partial charge in [-0.15, -0.1) is 0 Å². The Labute approximate surface area is 146 Å². The summed E-state index contributed by atoms with van der Waals surface area (Å²) in [6.07, 6.45) is 0.999. The summed E-state index contributed by atoms with van der Waals surface area (Å²) in [6.45, 7) is 7.22. The van der Waals surface area contributed by atoms with Crippen molar-refractivity contribution in [1.29, 1.82) is 0 Å². The minimum Gasteiger partial charge on any atom is -0.344 e. The van der Waals surface area contributed by atoms with E-state index in [9.17, 15) is 4.79 Å². The van der Waals surface area contributed by atoms with Gasteiger partial charge in [0.25, 0.3) is 0 Å². The van der Waals surface area contributed by atoms with Crippen molar-refractivity contribution < 1.29 is 4.79 Å². The number of rotatable bonds is 6. The van der Waals surface area contributed by atoms with Crippen LogP contribution in [0.5, 0.6) is 0 Å². The van der Waals surface area contributed by atoms with Crippen molar-refractivity contribution in [2.24, 2.45) is 5.92 Å². The van der Waals surface area contributed by atoms with Crippen LogP contribution in [0.4, 0.5) is 0 Å². The summed E-state index contributed by atoms with van der Waals surface area (Å²) in [6, 6.07) is 8.89. The largest absolute Gasteiger partial charge is 0.344 e. The third-order valence-electron chi connectivity index (χ3n) is 5.14. The maximum absolute atomic E-state index is 13.0. The number of carbonyl (C=O) groups excluding carboxylic acids is 1. The summed E-state index contributed by atoms with van der Waals surface area (Å²) in [7, 11) is 5.84. The highest BCUT2D eigenvalue weighted by atomic mass is 16.2. The Morgan fingerprint density at radius 1 is 1.08 bits per heavy atom. The summed E-state index contributed by atoms with van der Waals surface area (Å²) < 4.78 is 0. The fourth-order valence-electron chi connectivity index (χ4n) is 3.48. The van der Waals surface area contributed by atoms with Crippen molar-refractivity contribution in [3.8, 4) is 0 Å². The van der Waals surface area contributed by atoms with Gasteiger partial charge in [0.15, 0.2) is 0 Å². The number of benzene rings is 1. The summed E-state index contributed by atoms with van der Waals surface area (Å²) in [5.74, 6) is 0.695. The number of nitrogens with zero attached hydrogens (tertiary/aromatic N) is 2. The Morgan fingerprint density at radius 2 is 1.62 bits per heavy atom. The zero-order valence-electron chi connectivity index (χ0n) is 15.8. The molecule has 1 heterocycles. The first-order valence-corrected chi connectivity index (χ1v) is 8.80. The molecule has 24 heavy (non-hydrogen) atoms. The van der Waals surface area contributed by atoms with E-state index in [1.807, 2.05) is 30.9 Å². The molecule has 2 rings (SSSR count). The molecule has 1 aliphatic heterocycles. The molecule has 3 atom stereocenters. The lowest BCUT2D eigenvalue weighted by Crippen LogP contribution is -2.40. The van der Waals surface area contributed by atoms with E-state index >= 15 is 0 Å². The molecule has 2 N–H and O–H groups in total. The van der Waals surface area contributed by atoms with Gasteiger partial charge in [0, 0.05) is 25.7 Å². The first kappa shape index (κ1) is 18.9. The maximum Gasteiger partial charge on any atom is 0.244 e. The van der Waals surface area contributed by atoms with Crippen LogP contribution in [0.3, 0.4) is 0 Å². The summed E-state index contributed by atoms with van der Waals surface area (Å²) in [5, 5.41) is 0. The predicted molar refractivity (Wildman–Crippen MR) is 98.5 cm³/mol. The molecule has 0 bridgehead atoms. The number of hydrogen-bond acceptors (Lipinski definition) is 4. The molecule has 0 radical (unpaired) electrons. The number of carbonyl (C=O) groups is 1. The lowest BCUT2D eigenvalue weighted by molar-refractivity contribution is -0.135. The first-order chi connectivity index (χ1) is 11.3. The summed E-state index contributed by atoms with van der Waals surface area (Å²) in [5.41, 5.74) is 8.82. The molecule has 134 valence electrons. The average molecular weight is 332 g/mol. The molecule has 1 fully saturated rings. The second-order valence-electron chi connectivity index (χ2n) is 7.36. The van der Waals surface area contributed by atoms with Crippen LogP contribution in [0.15, 0.2) is 24.3 Å². The number of amides is 1. The zero-order valence-corrected chi connectivity index (χ0v) is 15.8. The molecule has 0 spiro atoms. The molecule has 0 saturated carbocycles. The highest BCUT2D eigenvalue weighted by Crippen LogP contribution is 2.23. The third kappa shape index (κ3) is 4.35. The Morgan fingerprint density at radius 3 is 2.12 bits per heavy atom. The Kier molecular flexibility index (Phi) is 6.38. The van der Waals surface area contributed by atoms with E-state index in [2.05, 4.69) is 55.9 Å². The number of hydrogen-bond donors (Lipinski definition) is 2. The number of nitrogens with one attached hydrogen (secondary N) is 2. The van der Waals surface area contributed by atoms with Gasteiger partial charge < -0.3 is 4.90 Å². The van der Waals surface area contributed by atoms with Gasteiger partial charge in [-0.25, -0.2) is 0 Å². The minimum absolute atomic E-state index is 0.156. The van der Waals surface area contributed by atoms with E-state index in [1.165, 1.54) is 5.56 Å². The van der Waals surface area contributed by atoms with Gasteiger partial charge in [-0.2, -0.15) is 0 Å². The average Bonchev–Trinajstić information content (AvgIpc) is 2.85. The summed E-state index contributed by atoms with van der Waals surface area (Å²) >= 11 is 0. The minimum atomic E-state index is -0.231. The van der Waals surface area contributed by atoms with E-state index in [1.54, 1.807) is 0 Å². The van der Waals surface area contributed by atoms with Gasteiger partial charge >= 0.3 is 0 Å². The lowest BCUT2D eigenvalue weighted by atomic mass is 9.93. The molecule has 1 aliphatic rings. The van der Waals surface area contributed by atoms with Crippen molar-refractivity contribution in [3.05, 3.63) is 35.4 Å². The Balaban J connectivity index is 2.02. The Hall–Kier alpha value is -1.43. The second kappa shape index (κ2) is 8.10. The van der Waals surface area contributed by atoms with Gasteiger partial charge in [0.05, 0.1) is 0 Å². The molecule has 3 unspecified atom stereocenters. The SMILES string of the molecule is Cc1ccc(C(C(=O)N(C)CCC2C(C)NNC2C)N(C)C)cc1. The fraction of sp³-hybridized carbons (Fsp3) is 0.632. The van der Waals surface area contributed by atoms with Gasteiger partial charge in [-0.1, -0.05) is 29.8 Å². The topological polar surface area (TPSA) is 47.6 Å². The molecule has 0 aromatic heterocycles. The van der Waals surface area contributed by atoms with Crippen LogP contribution in [-0.4, -0.2) is 55.5 Å². The quantitative estimate of drug-likeness (QED) is 0.836. The highest BCUT2D eigenvalue weighted by Gasteiger charge is 2.31. The highest BCUT2D eigenvalue weighted by molar-refractivity contribution is 5.83. The molecular weight excluding hydrogens is 300 g/mol. The van der Waals surface area contributed by atoms with E-state index in [0.29, 0.717) is 18.0 Å². The van der Waals surface area contributed by atoms with Crippen molar-refractivity contribution in [2.75, 3.05) is 27.7 Å². The van der Waals surface area contributed by atoms with E-state index < -0.39 is 0 Å². The van der Waals surface area contributed by atoms with Crippen molar-refractivity contribution in [2.45, 2.75) is 45.3 Å². The van der Waals surface area contributed by atoms with Gasteiger partial charge in [-0.3, -0.25) is 20.5 Å².